The van der Waals surface area contributed by atoms with E-state index in [1.54, 1.807) is 13.1 Å². The first-order valence-corrected chi connectivity index (χ1v) is 3.15. The van der Waals surface area contributed by atoms with Crippen LogP contribution in [0.1, 0.15) is 0 Å². The molecule has 11 heavy (non-hydrogen) atoms. The first-order chi connectivity index (χ1) is 5.25. The Morgan fingerprint density at radius 1 is 1.82 bits per heavy atom. The van der Waals surface area contributed by atoms with Gasteiger partial charge in [0.05, 0.1) is 0 Å². The summed E-state index contributed by atoms with van der Waals surface area (Å²) in [4.78, 5) is 14.4. The summed E-state index contributed by atoms with van der Waals surface area (Å²) in [6.45, 7) is 3.48. The van der Waals surface area contributed by atoms with Crippen molar-refractivity contribution >= 4 is 5.82 Å². The predicted molar refractivity (Wildman–Crippen MR) is 43.3 cm³/mol. The molecule has 0 aromatic carbocycles. The van der Waals surface area contributed by atoms with E-state index in [0.29, 0.717) is 5.82 Å². The lowest BCUT2D eigenvalue weighted by Gasteiger charge is -2.04. The molecular formula is C7H9N3O. The van der Waals surface area contributed by atoms with E-state index in [0.717, 1.165) is 0 Å². The highest BCUT2D eigenvalue weighted by Gasteiger charge is 1.94. The van der Waals surface area contributed by atoms with E-state index in [-0.39, 0.29) is 5.69 Å². The van der Waals surface area contributed by atoms with Crippen molar-refractivity contribution in [3.63, 3.8) is 0 Å². The lowest BCUT2D eigenvalue weighted by atomic mass is 10.5. The molecule has 0 fully saturated rings. The number of nitrogens with one attached hydrogen (secondary N) is 1. The molecular weight excluding hydrogens is 142 g/mol. The Hall–Kier alpha value is -1.58. The first kappa shape index (κ1) is 7.53. The van der Waals surface area contributed by atoms with E-state index in [1.165, 1.54) is 17.0 Å². The molecule has 1 rings (SSSR count). The van der Waals surface area contributed by atoms with Crippen LogP contribution < -0.4 is 11.0 Å². The van der Waals surface area contributed by atoms with Gasteiger partial charge in [0.25, 0.3) is 0 Å². The van der Waals surface area contributed by atoms with E-state index in [4.69, 9.17) is 0 Å². The van der Waals surface area contributed by atoms with Gasteiger partial charge in [0, 0.05) is 13.2 Å². The van der Waals surface area contributed by atoms with Gasteiger partial charge >= 0.3 is 5.69 Å². The average Bonchev–Trinajstić information content (AvgIpc) is 1.99. The largest absolute Gasteiger partial charge is 0.349 e. The molecule has 0 unspecified atom stereocenters. The summed E-state index contributed by atoms with van der Waals surface area (Å²) in [5, 5.41) is 2.80. The fourth-order valence-corrected chi connectivity index (χ4v) is 0.723. The molecule has 0 bridgehead atoms. The Labute approximate surface area is 64.2 Å². The molecule has 1 aromatic rings. The zero-order chi connectivity index (χ0) is 8.27. The fourth-order valence-electron chi connectivity index (χ4n) is 0.723. The molecule has 0 aliphatic carbocycles. The summed E-state index contributed by atoms with van der Waals surface area (Å²) >= 11 is 0. The fraction of sp³-hybridized carbons (Fsp3) is 0.143. The lowest BCUT2D eigenvalue weighted by Crippen LogP contribution is -2.20. The molecule has 0 saturated heterocycles. The van der Waals surface area contributed by atoms with Crippen molar-refractivity contribution < 1.29 is 0 Å². The minimum Gasteiger partial charge on any atom is -0.349 e. The topological polar surface area (TPSA) is 46.9 Å². The number of hydrogen-bond donors (Lipinski definition) is 1. The summed E-state index contributed by atoms with van der Waals surface area (Å²) in [6, 6.07) is 1.70. The smallest absolute Gasteiger partial charge is 0.348 e. The molecule has 4 heteroatoms. The van der Waals surface area contributed by atoms with Gasteiger partial charge in [-0.25, -0.2) is 9.78 Å². The molecule has 1 N–H and O–H groups in total. The van der Waals surface area contributed by atoms with Crippen molar-refractivity contribution in [1.82, 2.24) is 9.55 Å². The molecule has 0 radical (unpaired) electrons. The Morgan fingerprint density at radius 3 is 3.18 bits per heavy atom. The maximum absolute atomic E-state index is 10.9. The van der Waals surface area contributed by atoms with Gasteiger partial charge in [-0.05, 0) is 12.3 Å². The third-order valence-corrected chi connectivity index (χ3v) is 1.32. The van der Waals surface area contributed by atoms with E-state index < -0.39 is 0 Å². The highest BCUT2D eigenvalue weighted by molar-refractivity contribution is 5.36. The average molecular weight is 151 g/mol. The maximum Gasteiger partial charge on any atom is 0.348 e. The minimum absolute atomic E-state index is 0.281. The van der Waals surface area contributed by atoms with Gasteiger partial charge in [0.1, 0.15) is 5.82 Å². The van der Waals surface area contributed by atoms with E-state index in [9.17, 15) is 4.79 Å². The summed E-state index contributed by atoms with van der Waals surface area (Å²) < 4.78 is 1.40. The maximum atomic E-state index is 10.9. The van der Waals surface area contributed by atoms with Gasteiger partial charge in [-0.1, -0.05) is 6.58 Å². The van der Waals surface area contributed by atoms with Crippen LogP contribution in [-0.2, 0) is 7.05 Å². The van der Waals surface area contributed by atoms with Crippen LogP contribution >= 0.6 is 0 Å². The van der Waals surface area contributed by atoms with Gasteiger partial charge in [-0.3, -0.25) is 4.57 Å². The Morgan fingerprint density at radius 2 is 2.55 bits per heavy atom. The van der Waals surface area contributed by atoms with E-state index in [2.05, 4.69) is 16.9 Å². The zero-order valence-electron chi connectivity index (χ0n) is 6.24. The number of hydrogen-bond acceptors (Lipinski definition) is 3. The minimum atomic E-state index is -0.281. The molecule has 0 atom stereocenters. The second kappa shape index (κ2) is 3.01. The summed E-state index contributed by atoms with van der Waals surface area (Å²) in [5.41, 5.74) is -0.281. The highest BCUT2D eigenvalue weighted by Crippen LogP contribution is 1.98. The van der Waals surface area contributed by atoms with Crippen LogP contribution in [0, 0.1) is 0 Å². The number of rotatable bonds is 2. The molecule has 0 spiro atoms. The van der Waals surface area contributed by atoms with Crippen LogP contribution in [0.15, 0.2) is 29.8 Å². The molecule has 0 saturated carbocycles. The molecule has 0 amide bonds. The first-order valence-electron chi connectivity index (χ1n) is 3.15. The summed E-state index contributed by atoms with van der Waals surface area (Å²) in [6.07, 6.45) is 2.96. The third kappa shape index (κ3) is 1.46. The predicted octanol–water partition coefficient (Wildman–Crippen LogP) is 0.336. The van der Waals surface area contributed by atoms with Gasteiger partial charge in [0.15, 0.2) is 0 Å². The number of nitrogens with zero attached hydrogens (tertiary/aromatic N) is 2. The summed E-state index contributed by atoms with van der Waals surface area (Å²) in [7, 11) is 1.64. The Kier molecular flexibility index (Phi) is 2.06. The monoisotopic (exact) mass is 151 g/mol. The lowest BCUT2D eigenvalue weighted by molar-refractivity contribution is 0.820. The summed E-state index contributed by atoms with van der Waals surface area (Å²) in [5.74, 6) is 0.681. The van der Waals surface area contributed by atoms with Crippen LogP contribution in [0.25, 0.3) is 0 Å². The van der Waals surface area contributed by atoms with Crippen molar-refractivity contribution in [1.29, 1.82) is 0 Å². The molecule has 0 aliphatic rings. The molecule has 1 heterocycles. The zero-order valence-corrected chi connectivity index (χ0v) is 6.24. The van der Waals surface area contributed by atoms with E-state index >= 15 is 0 Å². The van der Waals surface area contributed by atoms with Crippen molar-refractivity contribution in [2.24, 2.45) is 7.05 Å². The van der Waals surface area contributed by atoms with Crippen molar-refractivity contribution in [3.05, 3.63) is 35.5 Å². The van der Waals surface area contributed by atoms with Gasteiger partial charge in [0.2, 0.25) is 0 Å². The van der Waals surface area contributed by atoms with Gasteiger partial charge in [-0.15, -0.1) is 0 Å². The van der Waals surface area contributed by atoms with Crippen LogP contribution in [0.3, 0.4) is 0 Å². The number of anilines is 1. The second-order valence-electron chi connectivity index (χ2n) is 2.02. The van der Waals surface area contributed by atoms with Crippen molar-refractivity contribution in [2.75, 3.05) is 5.32 Å². The standard InChI is InChI=1S/C7H9N3O/c1-3-8-6-4-5-9-7(11)10(6)2/h3-5,8H,1H2,2H3. The Bertz CT molecular complexity index is 316. The Balaban J connectivity index is 3.16. The van der Waals surface area contributed by atoms with Crippen LogP contribution in [0.2, 0.25) is 0 Å². The molecule has 4 nitrogen and oxygen atoms in total. The quantitative estimate of drug-likeness (QED) is 0.662. The van der Waals surface area contributed by atoms with Crippen molar-refractivity contribution in [2.45, 2.75) is 0 Å². The van der Waals surface area contributed by atoms with E-state index in [1.807, 2.05) is 0 Å². The van der Waals surface area contributed by atoms with Crippen LogP contribution in [0.5, 0.6) is 0 Å². The highest BCUT2D eigenvalue weighted by atomic mass is 16.1. The van der Waals surface area contributed by atoms with Gasteiger partial charge < -0.3 is 5.32 Å². The molecule has 1 aromatic heterocycles. The molecule has 58 valence electrons. The normalized spacial score (nSPS) is 9.18. The van der Waals surface area contributed by atoms with Crippen LogP contribution in [0.4, 0.5) is 5.82 Å². The van der Waals surface area contributed by atoms with Crippen molar-refractivity contribution in [3.8, 4) is 0 Å². The SMILES string of the molecule is C=CNc1ccnc(=O)n1C. The number of aromatic nitrogens is 2. The van der Waals surface area contributed by atoms with Gasteiger partial charge in [-0.2, -0.15) is 0 Å². The third-order valence-electron chi connectivity index (χ3n) is 1.32. The second-order valence-corrected chi connectivity index (χ2v) is 2.02. The molecule has 0 aliphatic heterocycles. The van der Waals surface area contributed by atoms with Crippen LogP contribution in [-0.4, -0.2) is 9.55 Å².